The van der Waals surface area contributed by atoms with Gasteiger partial charge in [0.25, 0.3) is 0 Å². The fourth-order valence-corrected chi connectivity index (χ4v) is 8.01. The minimum Gasteiger partial charge on any atom is -0.444 e. The lowest BCUT2D eigenvalue weighted by atomic mass is 9.72. The third-order valence-corrected chi connectivity index (χ3v) is 10.9. The molecule has 12 nitrogen and oxygen atoms in total. The van der Waals surface area contributed by atoms with Crippen molar-refractivity contribution in [3.05, 3.63) is 47.3 Å². The number of benzene rings is 1. The first kappa shape index (κ1) is 34.9. The molecule has 13 heteroatoms. The number of thiazole rings is 1. The largest absolute Gasteiger partial charge is 0.444 e. The van der Waals surface area contributed by atoms with Crippen molar-refractivity contribution in [2.24, 2.45) is 11.3 Å². The smallest absolute Gasteiger partial charge is 0.410 e. The molecule has 1 aromatic carbocycles. The lowest BCUT2D eigenvalue weighted by Gasteiger charge is -2.53. The Bertz CT molecular complexity index is 1650. The molecule has 3 atom stereocenters. The van der Waals surface area contributed by atoms with Crippen LogP contribution in [0.3, 0.4) is 0 Å². The number of hydrogen-bond donors (Lipinski definition) is 1. The molecule has 6 rings (SSSR count). The number of likely N-dealkylation sites (N-methyl/N-ethyl adjacent to an activating group) is 1. The van der Waals surface area contributed by atoms with E-state index in [9.17, 15) is 19.5 Å². The Balaban J connectivity index is 0.985. The predicted octanol–water partition coefficient (Wildman–Crippen LogP) is 5.14. The minimum absolute atomic E-state index is 0.0535. The van der Waals surface area contributed by atoms with Crippen molar-refractivity contribution in [2.45, 2.75) is 84.5 Å². The summed E-state index contributed by atoms with van der Waals surface area (Å²) < 4.78 is 11.2. The molecule has 3 aromatic rings. The van der Waals surface area contributed by atoms with E-state index in [0.29, 0.717) is 25.3 Å². The van der Waals surface area contributed by atoms with Crippen LogP contribution in [0.4, 0.5) is 16.3 Å². The van der Waals surface area contributed by atoms with Gasteiger partial charge in [-0.05, 0) is 64.2 Å². The van der Waals surface area contributed by atoms with Crippen molar-refractivity contribution >= 4 is 40.7 Å². The van der Waals surface area contributed by atoms with Gasteiger partial charge in [-0.3, -0.25) is 9.59 Å². The van der Waals surface area contributed by atoms with E-state index in [0.717, 1.165) is 53.6 Å². The molecule has 49 heavy (non-hydrogen) atoms. The maximum Gasteiger partial charge on any atom is 0.410 e. The van der Waals surface area contributed by atoms with Gasteiger partial charge >= 0.3 is 6.09 Å². The van der Waals surface area contributed by atoms with Gasteiger partial charge < -0.3 is 34.0 Å². The van der Waals surface area contributed by atoms with Crippen LogP contribution in [0.2, 0.25) is 0 Å². The number of aryl methyl sites for hydroxylation is 1. The number of nitrogens with zero attached hydrogens (tertiary/aromatic N) is 6. The number of aliphatic hydroxyl groups excluding tert-OH is 1. The van der Waals surface area contributed by atoms with E-state index in [-0.39, 0.29) is 48.6 Å². The molecule has 0 saturated carbocycles. The molecular formula is C36H48N6O6S. The molecule has 1 unspecified atom stereocenters. The van der Waals surface area contributed by atoms with Gasteiger partial charge in [0, 0.05) is 76.2 Å². The summed E-state index contributed by atoms with van der Waals surface area (Å²) >= 11 is 1.58. The number of rotatable bonds is 8. The summed E-state index contributed by atoms with van der Waals surface area (Å²) in [5.41, 5.74) is 4.22. The molecule has 5 heterocycles. The number of carbonyl (C=O) groups is 3. The number of β-amino-alcohol motifs (C(OH)–C–C–N with tert-alkyl or cyclic N) is 1. The van der Waals surface area contributed by atoms with Crippen LogP contribution in [0.5, 0.6) is 0 Å². The zero-order chi connectivity index (χ0) is 35.1. The second kappa shape index (κ2) is 13.7. The normalized spacial score (nSPS) is 21.1. The standard InChI is InChI=1S/C36H48N6O6S/c1-23(15-28-18-30(38-48-28)41-20-36(21-41)11-13-40(14-12-36)34(46)47-35(3,4)5)16-31(44)42-19-27(43)17-29(42)33(45)39(6)26-9-7-25(8-10-26)32-24(2)37-22-49-32/h7-10,18,22-23,27,29,43H,11-17,19-21H2,1-6H3/t23?,27-,29+/m1/s1. The highest BCUT2D eigenvalue weighted by atomic mass is 32.1. The number of aromatic nitrogens is 2. The number of ether oxygens (including phenoxy) is 1. The highest BCUT2D eigenvalue weighted by Gasteiger charge is 2.47. The Morgan fingerprint density at radius 1 is 1.16 bits per heavy atom. The zero-order valence-electron chi connectivity index (χ0n) is 29.3. The summed E-state index contributed by atoms with van der Waals surface area (Å²) in [5, 5.41) is 14.8. The summed E-state index contributed by atoms with van der Waals surface area (Å²) in [6, 6.07) is 8.96. The molecule has 3 saturated heterocycles. The van der Waals surface area contributed by atoms with Crippen LogP contribution in [-0.4, -0.2) is 100 Å². The second-order valence-corrected chi connectivity index (χ2v) is 16.0. The summed E-state index contributed by atoms with van der Waals surface area (Å²) in [5.74, 6) is 1.07. The SMILES string of the molecule is Cc1ncsc1-c1ccc(N(C)C(=O)[C@@H]2C[C@@H](O)CN2C(=O)CC(C)Cc2cc(N3CC4(CCN(C(=O)OC(C)(C)C)CC4)C3)no2)cc1. The van der Waals surface area contributed by atoms with Crippen molar-refractivity contribution in [3.63, 3.8) is 0 Å². The predicted molar refractivity (Wildman–Crippen MR) is 187 cm³/mol. The molecule has 1 N–H and O–H groups in total. The third kappa shape index (κ3) is 7.77. The van der Waals surface area contributed by atoms with E-state index >= 15 is 0 Å². The van der Waals surface area contributed by atoms with E-state index in [1.807, 2.05) is 70.5 Å². The summed E-state index contributed by atoms with van der Waals surface area (Å²) in [7, 11) is 1.71. The molecule has 0 bridgehead atoms. The van der Waals surface area contributed by atoms with Crippen molar-refractivity contribution in [2.75, 3.05) is 49.6 Å². The van der Waals surface area contributed by atoms with Gasteiger partial charge in [-0.15, -0.1) is 11.3 Å². The topological polar surface area (TPSA) is 133 Å². The molecule has 1 spiro atoms. The van der Waals surface area contributed by atoms with E-state index in [4.69, 9.17) is 9.26 Å². The lowest BCUT2D eigenvalue weighted by Crippen LogP contribution is -2.61. The van der Waals surface area contributed by atoms with Crippen molar-refractivity contribution in [1.29, 1.82) is 0 Å². The first-order valence-corrected chi connectivity index (χ1v) is 18.0. The number of anilines is 2. The molecule has 0 aliphatic carbocycles. The van der Waals surface area contributed by atoms with Crippen LogP contribution >= 0.6 is 11.3 Å². The first-order valence-electron chi connectivity index (χ1n) is 17.1. The molecule has 2 aromatic heterocycles. The highest BCUT2D eigenvalue weighted by Crippen LogP contribution is 2.42. The number of aliphatic hydroxyl groups is 1. The molecule has 3 aliphatic heterocycles. The molecular weight excluding hydrogens is 644 g/mol. The van der Waals surface area contributed by atoms with E-state index in [1.165, 1.54) is 4.90 Å². The van der Waals surface area contributed by atoms with E-state index in [1.54, 1.807) is 28.2 Å². The first-order chi connectivity index (χ1) is 23.2. The Morgan fingerprint density at radius 3 is 2.49 bits per heavy atom. The average molecular weight is 693 g/mol. The van der Waals surface area contributed by atoms with Gasteiger partial charge in [0.15, 0.2) is 5.82 Å². The van der Waals surface area contributed by atoms with Crippen LogP contribution in [-0.2, 0) is 20.7 Å². The van der Waals surface area contributed by atoms with Crippen molar-refractivity contribution < 1.29 is 28.8 Å². The monoisotopic (exact) mass is 692 g/mol. The minimum atomic E-state index is -0.750. The van der Waals surface area contributed by atoms with E-state index in [2.05, 4.69) is 15.0 Å². The van der Waals surface area contributed by atoms with Crippen molar-refractivity contribution in [3.8, 4) is 10.4 Å². The van der Waals surface area contributed by atoms with Gasteiger partial charge in [-0.2, -0.15) is 0 Å². The number of hydrogen-bond acceptors (Lipinski definition) is 10. The maximum atomic E-state index is 13.6. The molecule has 264 valence electrons. The fraction of sp³-hybridized carbons (Fsp3) is 0.583. The fourth-order valence-electron chi connectivity index (χ4n) is 7.20. The molecule has 0 radical (unpaired) electrons. The Hall–Kier alpha value is -3.97. The van der Waals surface area contributed by atoms with Gasteiger partial charge in [0.1, 0.15) is 17.4 Å². The van der Waals surface area contributed by atoms with E-state index < -0.39 is 17.7 Å². The number of carbonyl (C=O) groups excluding carboxylic acids is 3. The third-order valence-electron chi connectivity index (χ3n) is 9.95. The second-order valence-electron chi connectivity index (χ2n) is 15.2. The van der Waals surface area contributed by atoms with Gasteiger partial charge in [0.2, 0.25) is 11.8 Å². The molecule has 3 aliphatic rings. The Kier molecular flexibility index (Phi) is 9.78. The Labute approximate surface area is 292 Å². The van der Waals surface area contributed by atoms with Crippen LogP contribution in [0.15, 0.2) is 40.4 Å². The van der Waals surface area contributed by atoms with Crippen molar-refractivity contribution in [1.82, 2.24) is 19.9 Å². The van der Waals surface area contributed by atoms with Crippen LogP contribution < -0.4 is 9.80 Å². The van der Waals surface area contributed by atoms with Gasteiger partial charge in [0.05, 0.1) is 22.2 Å². The average Bonchev–Trinajstić information content (AvgIpc) is 3.78. The highest BCUT2D eigenvalue weighted by molar-refractivity contribution is 7.13. The maximum absolute atomic E-state index is 13.6. The lowest BCUT2D eigenvalue weighted by molar-refractivity contribution is -0.138. The van der Waals surface area contributed by atoms with Crippen LogP contribution in [0.1, 0.15) is 64.8 Å². The number of likely N-dealkylation sites (tertiary alicyclic amines) is 2. The molecule has 3 fully saturated rings. The number of amides is 3. The summed E-state index contributed by atoms with van der Waals surface area (Å²) in [4.78, 5) is 52.1. The van der Waals surface area contributed by atoms with Gasteiger partial charge in [-0.1, -0.05) is 24.2 Å². The van der Waals surface area contributed by atoms with Gasteiger partial charge in [-0.25, -0.2) is 9.78 Å². The summed E-state index contributed by atoms with van der Waals surface area (Å²) in [6.07, 6.45) is 1.82. The quantitative estimate of drug-likeness (QED) is 0.341. The summed E-state index contributed by atoms with van der Waals surface area (Å²) in [6.45, 7) is 12.9. The zero-order valence-corrected chi connectivity index (χ0v) is 30.2. The molecule has 3 amide bonds. The van der Waals surface area contributed by atoms with Crippen LogP contribution in [0.25, 0.3) is 10.4 Å². The van der Waals surface area contributed by atoms with Crippen LogP contribution in [0, 0.1) is 18.3 Å². The Morgan fingerprint density at radius 2 is 1.86 bits per heavy atom. The number of piperidine rings is 1.